The number of methoxy groups -OCH3 is 1. The van der Waals surface area contributed by atoms with E-state index in [1.807, 2.05) is 24.9 Å². The van der Waals surface area contributed by atoms with E-state index in [1.54, 1.807) is 15.6 Å². The summed E-state index contributed by atoms with van der Waals surface area (Å²) in [4.78, 5) is 41.6. The van der Waals surface area contributed by atoms with Gasteiger partial charge < -0.3 is 19.9 Å². The van der Waals surface area contributed by atoms with Crippen molar-refractivity contribution in [3.63, 3.8) is 0 Å². The summed E-state index contributed by atoms with van der Waals surface area (Å²) in [6.07, 6.45) is 7.31. The fourth-order valence-corrected chi connectivity index (χ4v) is 5.06. The number of nitrogens with one attached hydrogen (secondary N) is 1. The minimum Gasteiger partial charge on any atom is -0.467 e. The third-order valence-electron chi connectivity index (χ3n) is 7.50. The van der Waals surface area contributed by atoms with Gasteiger partial charge in [0.25, 0.3) is 5.91 Å². The Morgan fingerprint density at radius 1 is 1.06 bits per heavy atom. The van der Waals surface area contributed by atoms with Crippen molar-refractivity contribution in [3.05, 3.63) is 35.7 Å². The van der Waals surface area contributed by atoms with Gasteiger partial charge in [-0.15, -0.1) is 0 Å². The molecular weight excluding hydrogens is 446 g/mol. The molecule has 9 heteroatoms. The van der Waals surface area contributed by atoms with E-state index in [1.165, 1.54) is 7.11 Å². The van der Waals surface area contributed by atoms with E-state index >= 15 is 0 Å². The number of esters is 1. The Morgan fingerprint density at radius 2 is 1.71 bits per heavy atom. The van der Waals surface area contributed by atoms with Crippen molar-refractivity contribution < 1.29 is 19.1 Å². The molecule has 35 heavy (non-hydrogen) atoms. The van der Waals surface area contributed by atoms with Crippen LogP contribution in [0.3, 0.4) is 0 Å². The second-order valence-electron chi connectivity index (χ2n) is 10.3. The molecule has 190 valence electrons. The number of nitrogens with zero attached hydrogens (tertiary/aromatic N) is 4. The van der Waals surface area contributed by atoms with Crippen LogP contribution in [0.25, 0.3) is 5.52 Å². The highest BCUT2D eigenvalue weighted by Gasteiger charge is 2.30. The predicted octanol–water partition coefficient (Wildman–Crippen LogP) is 3.29. The summed E-state index contributed by atoms with van der Waals surface area (Å²) in [6.45, 7) is 8.79. The predicted molar refractivity (Wildman–Crippen MR) is 132 cm³/mol. The maximum absolute atomic E-state index is 13.2. The van der Waals surface area contributed by atoms with Gasteiger partial charge >= 0.3 is 12.0 Å². The molecule has 2 aromatic heterocycles. The molecule has 0 aliphatic carbocycles. The van der Waals surface area contributed by atoms with Gasteiger partial charge in [-0.2, -0.15) is 5.10 Å². The summed E-state index contributed by atoms with van der Waals surface area (Å²) in [5, 5.41) is 7.23. The summed E-state index contributed by atoms with van der Waals surface area (Å²) in [6, 6.07) is 3.25. The van der Waals surface area contributed by atoms with Crippen LogP contribution >= 0.6 is 0 Å². The Labute approximate surface area is 206 Å². The van der Waals surface area contributed by atoms with Crippen LogP contribution in [0.5, 0.6) is 0 Å². The molecule has 0 radical (unpaired) electrons. The average molecular weight is 484 g/mol. The molecule has 9 nitrogen and oxygen atoms in total. The van der Waals surface area contributed by atoms with Crippen LogP contribution < -0.4 is 5.32 Å². The number of pyridine rings is 1. The number of hydrogen-bond acceptors (Lipinski definition) is 5. The summed E-state index contributed by atoms with van der Waals surface area (Å²) < 4.78 is 6.60. The summed E-state index contributed by atoms with van der Waals surface area (Å²) in [5.41, 5.74) is 2.65. The maximum atomic E-state index is 13.2. The lowest BCUT2D eigenvalue weighted by Gasteiger charge is -2.33. The highest BCUT2D eigenvalue weighted by atomic mass is 16.5. The number of urea groups is 1. The molecule has 2 aromatic rings. The lowest BCUT2D eigenvalue weighted by Crippen LogP contribution is -2.52. The zero-order chi connectivity index (χ0) is 25.1. The number of aromatic nitrogens is 2. The van der Waals surface area contributed by atoms with Gasteiger partial charge in [0.2, 0.25) is 0 Å². The topological polar surface area (TPSA) is 96.2 Å². The van der Waals surface area contributed by atoms with E-state index < -0.39 is 12.0 Å². The molecule has 0 bridgehead atoms. The molecular formula is C26H37N5O4. The Morgan fingerprint density at radius 3 is 2.34 bits per heavy atom. The van der Waals surface area contributed by atoms with Crippen molar-refractivity contribution in [2.24, 2.45) is 11.8 Å². The van der Waals surface area contributed by atoms with Gasteiger partial charge in [0.05, 0.1) is 24.4 Å². The molecule has 1 N–H and O–H groups in total. The molecule has 1 atom stereocenters. The monoisotopic (exact) mass is 483 g/mol. The van der Waals surface area contributed by atoms with Crippen molar-refractivity contribution in [2.75, 3.05) is 33.3 Å². The fourth-order valence-electron chi connectivity index (χ4n) is 5.06. The standard InChI is InChI=1S/C26H37N5O4/c1-17(2)23(25(33)35-4)28-26(34)30-12-7-19(8-13-30)20-9-14-31-22(15-20)21(16-27-31)24(32)29-10-5-18(3)6-11-29/h9,14-19,23H,5-8,10-13H2,1-4H3,(H,28,34). The lowest BCUT2D eigenvalue weighted by molar-refractivity contribution is -0.144. The number of carbonyl (C=O) groups excluding carboxylic acids is 3. The molecule has 2 aliphatic rings. The van der Waals surface area contributed by atoms with Crippen LogP contribution in [0.4, 0.5) is 4.79 Å². The first kappa shape index (κ1) is 25.0. The molecule has 0 saturated carbocycles. The van der Waals surface area contributed by atoms with E-state index in [-0.39, 0.29) is 17.9 Å². The van der Waals surface area contributed by atoms with Crippen LogP contribution in [0.2, 0.25) is 0 Å². The number of ether oxygens (including phenoxy) is 1. The molecule has 3 amide bonds. The highest BCUT2D eigenvalue weighted by Crippen LogP contribution is 2.30. The number of likely N-dealkylation sites (tertiary alicyclic amines) is 2. The van der Waals surface area contributed by atoms with E-state index in [0.717, 1.165) is 49.9 Å². The van der Waals surface area contributed by atoms with E-state index in [2.05, 4.69) is 29.5 Å². The number of fused-ring (bicyclic) bond motifs is 1. The molecule has 2 fully saturated rings. The van der Waals surface area contributed by atoms with Gasteiger partial charge in [-0.3, -0.25) is 4.79 Å². The third kappa shape index (κ3) is 5.44. The van der Waals surface area contributed by atoms with Crippen LogP contribution in [0.1, 0.15) is 68.3 Å². The normalized spacial score (nSPS) is 18.7. The fraction of sp³-hybridized carbons (Fsp3) is 0.615. The van der Waals surface area contributed by atoms with E-state index in [4.69, 9.17) is 4.74 Å². The number of piperidine rings is 2. The van der Waals surface area contributed by atoms with Crippen LogP contribution in [0, 0.1) is 11.8 Å². The van der Waals surface area contributed by atoms with Crippen molar-refractivity contribution in [3.8, 4) is 0 Å². The second-order valence-corrected chi connectivity index (χ2v) is 10.3. The Kier molecular flexibility index (Phi) is 7.62. The first-order valence-corrected chi connectivity index (χ1v) is 12.7. The van der Waals surface area contributed by atoms with Crippen LogP contribution in [0.15, 0.2) is 24.5 Å². The van der Waals surface area contributed by atoms with Crippen molar-refractivity contribution in [2.45, 2.75) is 58.4 Å². The van der Waals surface area contributed by atoms with Crippen molar-refractivity contribution in [1.82, 2.24) is 24.7 Å². The van der Waals surface area contributed by atoms with Crippen LogP contribution in [-0.4, -0.2) is 76.7 Å². The molecule has 4 heterocycles. The average Bonchev–Trinajstić information content (AvgIpc) is 3.30. The minimum absolute atomic E-state index is 0.0563. The maximum Gasteiger partial charge on any atom is 0.328 e. The first-order valence-electron chi connectivity index (χ1n) is 12.7. The summed E-state index contributed by atoms with van der Waals surface area (Å²) in [7, 11) is 1.33. The zero-order valence-corrected chi connectivity index (χ0v) is 21.2. The number of hydrogen-bond donors (Lipinski definition) is 1. The number of amides is 3. The summed E-state index contributed by atoms with van der Waals surface area (Å²) in [5.74, 6) is 0.526. The van der Waals surface area contributed by atoms with Crippen LogP contribution in [-0.2, 0) is 9.53 Å². The molecule has 4 rings (SSSR count). The minimum atomic E-state index is -0.659. The smallest absolute Gasteiger partial charge is 0.328 e. The van der Waals surface area contributed by atoms with E-state index in [0.29, 0.717) is 30.5 Å². The first-order chi connectivity index (χ1) is 16.8. The van der Waals surface area contributed by atoms with Gasteiger partial charge in [0.1, 0.15) is 6.04 Å². The quantitative estimate of drug-likeness (QED) is 0.659. The third-order valence-corrected chi connectivity index (χ3v) is 7.50. The van der Waals surface area contributed by atoms with E-state index in [9.17, 15) is 14.4 Å². The highest BCUT2D eigenvalue weighted by molar-refractivity contribution is 6.00. The van der Waals surface area contributed by atoms with Crippen molar-refractivity contribution in [1.29, 1.82) is 0 Å². The SMILES string of the molecule is COC(=O)C(NC(=O)N1CCC(c2ccn3ncc(C(=O)N4CCC(C)CC4)c3c2)CC1)C(C)C. The molecule has 2 saturated heterocycles. The number of carbonyl (C=O) groups is 3. The van der Waals surface area contributed by atoms with Gasteiger partial charge in [-0.05, 0) is 61.1 Å². The lowest BCUT2D eigenvalue weighted by atomic mass is 9.89. The van der Waals surface area contributed by atoms with Gasteiger partial charge in [-0.1, -0.05) is 20.8 Å². The zero-order valence-electron chi connectivity index (χ0n) is 21.2. The van der Waals surface area contributed by atoms with Gasteiger partial charge in [0, 0.05) is 32.4 Å². The Balaban J connectivity index is 1.41. The largest absolute Gasteiger partial charge is 0.467 e. The van der Waals surface area contributed by atoms with Gasteiger partial charge in [-0.25, -0.2) is 14.1 Å². The van der Waals surface area contributed by atoms with Gasteiger partial charge in [0.15, 0.2) is 0 Å². The summed E-state index contributed by atoms with van der Waals surface area (Å²) >= 11 is 0. The molecule has 2 aliphatic heterocycles. The second kappa shape index (κ2) is 10.7. The molecule has 0 spiro atoms. The Bertz CT molecular complexity index is 1060. The van der Waals surface area contributed by atoms with Crippen molar-refractivity contribution >= 4 is 23.4 Å². The molecule has 0 aromatic carbocycles. The Hall–Kier alpha value is -3.10. The molecule has 1 unspecified atom stereocenters. The number of rotatable bonds is 5.